The first-order chi connectivity index (χ1) is 14.1. The van der Waals surface area contributed by atoms with Gasteiger partial charge in [-0.05, 0) is 43.7 Å². The van der Waals surface area contributed by atoms with E-state index in [1.54, 1.807) is 44.2 Å². The molecule has 0 fully saturated rings. The lowest BCUT2D eigenvalue weighted by Gasteiger charge is -2.31. The highest BCUT2D eigenvalue weighted by atomic mass is 79.9. The van der Waals surface area contributed by atoms with Gasteiger partial charge in [-0.3, -0.25) is 13.9 Å². The maximum atomic E-state index is 13.2. The van der Waals surface area contributed by atoms with Crippen molar-refractivity contribution in [1.29, 1.82) is 0 Å². The predicted molar refractivity (Wildman–Crippen MR) is 121 cm³/mol. The fourth-order valence-electron chi connectivity index (χ4n) is 2.90. The molecule has 0 saturated heterocycles. The molecule has 2 aromatic rings. The molecule has 0 aliphatic carbocycles. The molecule has 7 nitrogen and oxygen atoms in total. The predicted octanol–water partition coefficient (Wildman–Crippen LogP) is 2.77. The maximum Gasteiger partial charge on any atom is 0.244 e. The fraction of sp³-hybridized carbons (Fsp3) is 0.333. The lowest BCUT2D eigenvalue weighted by Crippen LogP contribution is -2.51. The zero-order valence-corrected chi connectivity index (χ0v) is 19.6. The summed E-state index contributed by atoms with van der Waals surface area (Å²) >= 11 is 3.38. The van der Waals surface area contributed by atoms with Crippen LogP contribution in [-0.4, -0.2) is 50.5 Å². The minimum Gasteiger partial charge on any atom is -0.355 e. The lowest BCUT2D eigenvalue weighted by molar-refractivity contribution is -0.139. The van der Waals surface area contributed by atoms with Gasteiger partial charge in [0.05, 0.1) is 11.9 Å². The topological polar surface area (TPSA) is 86.8 Å². The molecule has 0 aliphatic heterocycles. The molecule has 0 aromatic heterocycles. The van der Waals surface area contributed by atoms with Gasteiger partial charge in [0, 0.05) is 17.6 Å². The van der Waals surface area contributed by atoms with Crippen LogP contribution in [0, 0.1) is 0 Å². The Labute approximate surface area is 186 Å². The summed E-state index contributed by atoms with van der Waals surface area (Å²) in [5.74, 6) is -0.764. The summed E-state index contributed by atoms with van der Waals surface area (Å²) in [4.78, 5) is 27.1. The first kappa shape index (κ1) is 23.9. The molecule has 9 heteroatoms. The van der Waals surface area contributed by atoms with Gasteiger partial charge in [-0.1, -0.05) is 46.3 Å². The second kappa shape index (κ2) is 10.6. The summed E-state index contributed by atoms with van der Waals surface area (Å²) in [5.41, 5.74) is 1.22. The molecule has 0 bridgehead atoms. The number of anilines is 1. The van der Waals surface area contributed by atoms with Crippen molar-refractivity contribution in [2.24, 2.45) is 0 Å². The molecule has 0 heterocycles. The fourth-order valence-corrected chi connectivity index (χ4v) is 4.01. The Morgan fingerprint density at radius 2 is 1.67 bits per heavy atom. The van der Waals surface area contributed by atoms with Gasteiger partial charge in [0.2, 0.25) is 21.8 Å². The molecular formula is C21H26BrN3O4S. The summed E-state index contributed by atoms with van der Waals surface area (Å²) in [6, 6.07) is 15.1. The summed E-state index contributed by atoms with van der Waals surface area (Å²) in [7, 11) is -3.70. The third-order valence-electron chi connectivity index (χ3n) is 4.51. The van der Waals surface area contributed by atoms with E-state index >= 15 is 0 Å². The van der Waals surface area contributed by atoms with E-state index in [0.717, 1.165) is 20.6 Å². The van der Waals surface area contributed by atoms with Crippen LogP contribution in [0.1, 0.15) is 19.4 Å². The number of sulfonamides is 1. The molecule has 2 aromatic carbocycles. The van der Waals surface area contributed by atoms with Crippen molar-refractivity contribution in [1.82, 2.24) is 10.2 Å². The van der Waals surface area contributed by atoms with E-state index in [0.29, 0.717) is 12.2 Å². The molecule has 0 aliphatic rings. The van der Waals surface area contributed by atoms with Crippen molar-refractivity contribution < 1.29 is 18.0 Å². The van der Waals surface area contributed by atoms with Crippen molar-refractivity contribution >= 4 is 43.5 Å². The van der Waals surface area contributed by atoms with Crippen molar-refractivity contribution in [2.75, 3.05) is 23.7 Å². The van der Waals surface area contributed by atoms with Crippen LogP contribution in [0.3, 0.4) is 0 Å². The van der Waals surface area contributed by atoms with Gasteiger partial charge < -0.3 is 10.2 Å². The van der Waals surface area contributed by atoms with E-state index in [1.807, 2.05) is 24.3 Å². The van der Waals surface area contributed by atoms with Crippen molar-refractivity contribution in [3.8, 4) is 0 Å². The number of hydrogen-bond acceptors (Lipinski definition) is 4. The number of halogens is 1. The number of rotatable bonds is 9. The molecular weight excluding hydrogens is 470 g/mol. The van der Waals surface area contributed by atoms with Crippen LogP contribution in [0.15, 0.2) is 59.1 Å². The van der Waals surface area contributed by atoms with E-state index in [9.17, 15) is 18.0 Å². The zero-order valence-electron chi connectivity index (χ0n) is 17.2. The number of carbonyl (C=O) groups excluding carboxylic acids is 2. The van der Waals surface area contributed by atoms with Crippen LogP contribution < -0.4 is 9.62 Å². The third-order valence-corrected chi connectivity index (χ3v) is 6.18. The number of amides is 2. The first-order valence-corrected chi connectivity index (χ1v) is 12.1. The molecule has 162 valence electrons. The lowest BCUT2D eigenvalue weighted by atomic mass is 10.1. The van der Waals surface area contributed by atoms with Gasteiger partial charge in [-0.15, -0.1) is 0 Å². The van der Waals surface area contributed by atoms with E-state index in [1.165, 1.54) is 4.90 Å². The van der Waals surface area contributed by atoms with Crippen LogP contribution >= 0.6 is 15.9 Å². The molecule has 1 N–H and O–H groups in total. The van der Waals surface area contributed by atoms with Crippen LogP contribution in [0.5, 0.6) is 0 Å². The molecule has 0 unspecified atom stereocenters. The molecule has 1 atom stereocenters. The Bertz CT molecular complexity index is 966. The third kappa shape index (κ3) is 6.56. The van der Waals surface area contributed by atoms with E-state index in [-0.39, 0.29) is 12.5 Å². The summed E-state index contributed by atoms with van der Waals surface area (Å²) in [6.45, 7) is 3.64. The highest BCUT2D eigenvalue weighted by Crippen LogP contribution is 2.19. The van der Waals surface area contributed by atoms with Gasteiger partial charge in [0.15, 0.2) is 0 Å². The molecule has 30 heavy (non-hydrogen) atoms. The highest BCUT2D eigenvalue weighted by molar-refractivity contribution is 9.10. The smallest absolute Gasteiger partial charge is 0.244 e. The minimum absolute atomic E-state index is 0.177. The van der Waals surface area contributed by atoms with Crippen LogP contribution in [0.4, 0.5) is 5.69 Å². The average molecular weight is 496 g/mol. The van der Waals surface area contributed by atoms with Crippen LogP contribution in [0.2, 0.25) is 0 Å². The Balaban J connectivity index is 2.34. The number of para-hydroxylation sites is 1. The highest BCUT2D eigenvalue weighted by Gasteiger charge is 2.29. The van der Waals surface area contributed by atoms with Gasteiger partial charge in [-0.2, -0.15) is 0 Å². The number of hydrogen-bond donors (Lipinski definition) is 1. The summed E-state index contributed by atoms with van der Waals surface area (Å²) < 4.78 is 26.7. The van der Waals surface area contributed by atoms with Gasteiger partial charge in [0.25, 0.3) is 0 Å². The normalized spacial score (nSPS) is 12.1. The zero-order chi connectivity index (χ0) is 22.3. The monoisotopic (exact) mass is 495 g/mol. The Kier molecular flexibility index (Phi) is 8.43. The largest absolute Gasteiger partial charge is 0.355 e. The molecule has 2 rings (SSSR count). The average Bonchev–Trinajstić information content (AvgIpc) is 2.71. The Morgan fingerprint density at radius 3 is 2.20 bits per heavy atom. The van der Waals surface area contributed by atoms with Gasteiger partial charge in [0.1, 0.15) is 12.6 Å². The summed E-state index contributed by atoms with van der Waals surface area (Å²) in [6.07, 6.45) is 1.06. The molecule has 0 spiro atoms. The number of nitrogens with one attached hydrogen (secondary N) is 1. The van der Waals surface area contributed by atoms with E-state index in [2.05, 4.69) is 21.2 Å². The van der Waals surface area contributed by atoms with Gasteiger partial charge >= 0.3 is 0 Å². The van der Waals surface area contributed by atoms with E-state index in [4.69, 9.17) is 0 Å². The number of nitrogens with zero attached hydrogens (tertiary/aromatic N) is 2. The standard InChI is InChI=1S/C21H26BrN3O4S/c1-4-23-21(27)16(2)24(14-17-10-12-18(22)13-11-17)20(26)15-25(30(3,28)29)19-8-6-5-7-9-19/h5-13,16H,4,14-15H2,1-3H3,(H,23,27)/t16-/m0/s1. The second-order valence-electron chi connectivity index (χ2n) is 6.82. The Morgan fingerprint density at radius 1 is 1.07 bits per heavy atom. The maximum absolute atomic E-state index is 13.2. The second-order valence-corrected chi connectivity index (χ2v) is 9.65. The van der Waals surface area contributed by atoms with Crippen molar-refractivity contribution in [2.45, 2.75) is 26.4 Å². The van der Waals surface area contributed by atoms with Crippen molar-refractivity contribution in [3.05, 3.63) is 64.6 Å². The SMILES string of the molecule is CCNC(=O)[C@H](C)N(Cc1ccc(Br)cc1)C(=O)CN(c1ccccc1)S(C)(=O)=O. The number of benzene rings is 2. The van der Waals surface area contributed by atoms with Crippen molar-refractivity contribution in [3.63, 3.8) is 0 Å². The van der Waals surface area contributed by atoms with Crippen LogP contribution in [0.25, 0.3) is 0 Å². The number of likely N-dealkylation sites (N-methyl/N-ethyl adjacent to an activating group) is 1. The number of carbonyl (C=O) groups is 2. The summed E-state index contributed by atoms with van der Waals surface area (Å²) in [5, 5.41) is 2.72. The van der Waals surface area contributed by atoms with Crippen LogP contribution in [-0.2, 0) is 26.2 Å². The molecule has 0 saturated carbocycles. The molecule has 0 radical (unpaired) electrons. The van der Waals surface area contributed by atoms with E-state index < -0.39 is 28.5 Å². The quantitative estimate of drug-likeness (QED) is 0.579. The first-order valence-electron chi connectivity index (χ1n) is 9.48. The molecule has 2 amide bonds. The minimum atomic E-state index is -3.70. The Hall–Kier alpha value is -2.39. The van der Waals surface area contributed by atoms with Gasteiger partial charge in [-0.25, -0.2) is 8.42 Å².